The molecular formula is C32H34F2N6O. The van der Waals surface area contributed by atoms with Crippen molar-refractivity contribution in [1.82, 2.24) is 25.2 Å². The number of aromatic nitrogens is 3. The first-order valence-corrected chi connectivity index (χ1v) is 14.6. The van der Waals surface area contributed by atoms with Gasteiger partial charge in [-0.15, -0.1) is 6.42 Å². The van der Waals surface area contributed by atoms with Crippen molar-refractivity contribution in [3.05, 3.63) is 52.6 Å². The van der Waals surface area contributed by atoms with Crippen LogP contribution < -0.4 is 15.0 Å². The Hall–Kier alpha value is -3.61. The van der Waals surface area contributed by atoms with E-state index in [1.807, 2.05) is 31.2 Å². The average molecular weight is 557 g/mol. The highest BCUT2D eigenvalue weighted by atomic mass is 19.1. The van der Waals surface area contributed by atoms with E-state index in [2.05, 4.69) is 26.0 Å². The second-order valence-electron chi connectivity index (χ2n) is 12.0. The van der Waals surface area contributed by atoms with Gasteiger partial charge < -0.3 is 15.0 Å². The summed E-state index contributed by atoms with van der Waals surface area (Å²) in [5, 5.41) is 5.20. The van der Waals surface area contributed by atoms with E-state index in [1.54, 1.807) is 6.07 Å². The van der Waals surface area contributed by atoms with Crippen LogP contribution in [-0.2, 0) is 0 Å². The van der Waals surface area contributed by atoms with Crippen molar-refractivity contribution in [3.63, 3.8) is 0 Å². The van der Waals surface area contributed by atoms with Crippen LogP contribution in [0.15, 0.2) is 24.3 Å². The Kier molecular flexibility index (Phi) is 6.63. The third kappa shape index (κ3) is 4.93. The van der Waals surface area contributed by atoms with Gasteiger partial charge in [0.25, 0.3) is 0 Å². The number of halogens is 2. The van der Waals surface area contributed by atoms with Crippen molar-refractivity contribution in [1.29, 1.82) is 0 Å². The third-order valence-corrected chi connectivity index (χ3v) is 9.15. The molecule has 41 heavy (non-hydrogen) atoms. The molecule has 0 amide bonds. The van der Waals surface area contributed by atoms with Crippen molar-refractivity contribution in [2.45, 2.75) is 62.8 Å². The Morgan fingerprint density at radius 2 is 1.98 bits per heavy atom. The van der Waals surface area contributed by atoms with Crippen LogP contribution in [0, 0.1) is 25.1 Å². The molecule has 7 nitrogen and oxygen atoms in total. The number of rotatable bonds is 6. The average Bonchev–Trinajstić information content (AvgIpc) is 3.61. The number of nitrogens with one attached hydrogen (secondary N) is 1. The summed E-state index contributed by atoms with van der Waals surface area (Å²) in [5.74, 6) is 3.12. The number of anilines is 1. The standard InChI is InChI=1S/C32H34F2N6O/c1-3-26-27(34)9-5-21-13-20(2)14-22(29(21)26)6-10-28-36-30(39-17-24-7-8-25(18-39)35-24)38-31(37-28)41-19-32-11-4-12-40(32)16-23(33)15-32/h1,5-6,9-10,13-14,23-25,35H,4,7-8,11-12,15-19H2,2H3/b10-6+/t23-,24-,25+,32+/m1/s1. The number of benzene rings is 2. The molecule has 4 aliphatic rings. The van der Waals surface area contributed by atoms with Gasteiger partial charge in [-0.25, -0.2) is 8.78 Å². The number of hydrogen-bond donors (Lipinski definition) is 1. The lowest BCUT2D eigenvalue weighted by atomic mass is 9.95. The van der Waals surface area contributed by atoms with E-state index in [9.17, 15) is 8.78 Å². The highest BCUT2D eigenvalue weighted by molar-refractivity contribution is 5.97. The number of hydrogen-bond acceptors (Lipinski definition) is 7. The maximum atomic E-state index is 14.6. The van der Waals surface area contributed by atoms with E-state index in [-0.39, 0.29) is 17.1 Å². The first-order chi connectivity index (χ1) is 19.9. The van der Waals surface area contributed by atoms with Crippen LogP contribution in [0.1, 0.15) is 54.6 Å². The van der Waals surface area contributed by atoms with E-state index in [1.165, 1.54) is 6.07 Å². The van der Waals surface area contributed by atoms with Gasteiger partial charge in [0.05, 0.1) is 11.1 Å². The lowest BCUT2D eigenvalue weighted by molar-refractivity contribution is 0.107. The van der Waals surface area contributed by atoms with Crippen molar-refractivity contribution in [2.24, 2.45) is 0 Å². The largest absolute Gasteiger partial charge is 0.461 e. The van der Waals surface area contributed by atoms with Gasteiger partial charge >= 0.3 is 6.01 Å². The smallest absolute Gasteiger partial charge is 0.321 e. The van der Waals surface area contributed by atoms with Crippen molar-refractivity contribution >= 4 is 28.9 Å². The van der Waals surface area contributed by atoms with Gasteiger partial charge in [-0.3, -0.25) is 4.90 Å². The first kappa shape index (κ1) is 26.3. The van der Waals surface area contributed by atoms with Crippen LogP contribution in [-0.4, -0.2) is 76.4 Å². The molecule has 0 saturated carbocycles. The predicted octanol–water partition coefficient (Wildman–Crippen LogP) is 4.52. The Morgan fingerprint density at radius 3 is 2.78 bits per heavy atom. The molecule has 212 valence electrons. The predicted molar refractivity (Wildman–Crippen MR) is 156 cm³/mol. The molecule has 4 saturated heterocycles. The SMILES string of the molecule is C#Cc1c(F)ccc2cc(C)cc(/C=C/c3nc(OC[C@@]45CCCN4C[C@H](F)C5)nc(N4C[C@H]5CC[C@@H](C4)N5)n3)c12. The molecule has 4 fully saturated rings. The van der Waals surface area contributed by atoms with Crippen LogP contribution in [0.5, 0.6) is 6.01 Å². The van der Waals surface area contributed by atoms with Crippen molar-refractivity contribution in [3.8, 4) is 18.4 Å². The zero-order chi connectivity index (χ0) is 28.1. The molecule has 4 atom stereocenters. The summed E-state index contributed by atoms with van der Waals surface area (Å²) in [6.07, 6.45) is 13.3. The second kappa shape index (κ2) is 10.3. The molecule has 4 aliphatic heterocycles. The molecule has 5 heterocycles. The van der Waals surface area contributed by atoms with E-state index in [0.717, 1.165) is 61.8 Å². The number of ether oxygens (including phenoxy) is 1. The van der Waals surface area contributed by atoms with Gasteiger partial charge in [0.1, 0.15) is 18.6 Å². The summed E-state index contributed by atoms with van der Waals surface area (Å²) < 4.78 is 35.2. The number of terminal acetylenes is 1. The molecule has 7 rings (SSSR count). The third-order valence-electron chi connectivity index (χ3n) is 9.15. The molecule has 1 aromatic heterocycles. The Morgan fingerprint density at radius 1 is 1.15 bits per heavy atom. The Bertz CT molecular complexity index is 1560. The zero-order valence-corrected chi connectivity index (χ0v) is 23.2. The highest BCUT2D eigenvalue weighted by Crippen LogP contribution is 2.40. The Balaban J connectivity index is 1.24. The van der Waals surface area contributed by atoms with Gasteiger partial charge in [0.2, 0.25) is 5.95 Å². The van der Waals surface area contributed by atoms with Crippen LogP contribution >= 0.6 is 0 Å². The van der Waals surface area contributed by atoms with E-state index >= 15 is 0 Å². The summed E-state index contributed by atoms with van der Waals surface area (Å²) in [7, 11) is 0. The van der Waals surface area contributed by atoms with Gasteiger partial charge in [-0.05, 0) is 67.8 Å². The molecule has 1 N–H and O–H groups in total. The summed E-state index contributed by atoms with van der Waals surface area (Å²) in [6, 6.07) is 8.20. The Labute approximate surface area is 239 Å². The molecule has 9 heteroatoms. The molecule has 0 spiro atoms. The molecule has 2 aromatic carbocycles. The maximum absolute atomic E-state index is 14.6. The van der Waals surface area contributed by atoms with Gasteiger partial charge in [0.15, 0.2) is 5.82 Å². The molecule has 2 bridgehead atoms. The number of nitrogens with zero attached hydrogens (tertiary/aromatic N) is 5. The van der Waals surface area contributed by atoms with Crippen molar-refractivity contribution in [2.75, 3.05) is 37.7 Å². The molecule has 3 aromatic rings. The van der Waals surface area contributed by atoms with Gasteiger partial charge in [-0.1, -0.05) is 30.2 Å². The number of alkyl halides is 1. The van der Waals surface area contributed by atoms with Crippen molar-refractivity contribution < 1.29 is 13.5 Å². The first-order valence-electron chi connectivity index (χ1n) is 14.6. The summed E-state index contributed by atoms with van der Waals surface area (Å²) >= 11 is 0. The number of aryl methyl sites for hydroxylation is 1. The quantitative estimate of drug-likeness (QED) is 0.448. The normalized spacial score (nSPS) is 27.6. The van der Waals surface area contributed by atoms with Gasteiger partial charge in [-0.2, -0.15) is 15.0 Å². The number of fused-ring (bicyclic) bond motifs is 4. The fourth-order valence-corrected chi connectivity index (χ4v) is 7.32. The molecular weight excluding hydrogens is 522 g/mol. The van der Waals surface area contributed by atoms with Crippen LogP contribution in [0.25, 0.3) is 22.9 Å². The minimum Gasteiger partial charge on any atom is -0.461 e. The lowest BCUT2D eigenvalue weighted by Gasteiger charge is -2.33. The van der Waals surface area contributed by atoms with Crippen LogP contribution in [0.4, 0.5) is 14.7 Å². The maximum Gasteiger partial charge on any atom is 0.321 e. The summed E-state index contributed by atoms with van der Waals surface area (Å²) in [6.45, 7) is 5.34. The zero-order valence-electron chi connectivity index (χ0n) is 23.2. The molecule has 0 radical (unpaired) electrons. The van der Waals surface area contributed by atoms with Crippen LogP contribution in [0.3, 0.4) is 0 Å². The summed E-state index contributed by atoms with van der Waals surface area (Å²) in [4.78, 5) is 18.6. The van der Waals surface area contributed by atoms with E-state index in [4.69, 9.17) is 21.1 Å². The van der Waals surface area contributed by atoms with Gasteiger partial charge in [0, 0.05) is 43.5 Å². The molecule has 0 aliphatic carbocycles. The second-order valence-corrected chi connectivity index (χ2v) is 12.0. The minimum atomic E-state index is -0.829. The monoisotopic (exact) mass is 556 g/mol. The topological polar surface area (TPSA) is 66.4 Å². The highest BCUT2D eigenvalue weighted by Gasteiger charge is 2.49. The fraction of sp³-hybridized carbons (Fsp3) is 0.469. The minimum absolute atomic E-state index is 0.238. The number of piperazine rings is 1. The fourth-order valence-electron chi connectivity index (χ4n) is 7.32. The van der Waals surface area contributed by atoms with E-state index < -0.39 is 12.0 Å². The summed E-state index contributed by atoms with van der Waals surface area (Å²) in [5.41, 5.74) is 1.76. The van der Waals surface area contributed by atoms with Crippen LogP contribution in [0.2, 0.25) is 0 Å². The lowest BCUT2D eigenvalue weighted by Crippen LogP contribution is -2.51. The molecule has 0 unspecified atom stereocenters. The van der Waals surface area contributed by atoms with E-state index in [0.29, 0.717) is 48.8 Å².